The van der Waals surface area contributed by atoms with Gasteiger partial charge in [0.2, 0.25) is 0 Å². The van der Waals surface area contributed by atoms with Crippen LogP contribution in [0.15, 0.2) is 36.7 Å². The number of amides is 2. The van der Waals surface area contributed by atoms with Crippen molar-refractivity contribution in [3.05, 3.63) is 42.2 Å². The van der Waals surface area contributed by atoms with Gasteiger partial charge in [-0.05, 0) is 50.3 Å². The summed E-state index contributed by atoms with van der Waals surface area (Å²) in [6.45, 7) is 3.45. The molecule has 2 atom stereocenters. The Balaban J connectivity index is 1.43. The van der Waals surface area contributed by atoms with E-state index in [0.29, 0.717) is 6.54 Å². The van der Waals surface area contributed by atoms with Crippen LogP contribution in [0.1, 0.15) is 44.2 Å². The maximum atomic E-state index is 12.0. The fourth-order valence-electron chi connectivity index (χ4n) is 2.97. The largest absolute Gasteiger partial charge is 0.378 e. The van der Waals surface area contributed by atoms with Crippen LogP contribution >= 0.6 is 0 Å². The molecule has 0 aliphatic carbocycles. The summed E-state index contributed by atoms with van der Waals surface area (Å²) < 4.78 is 7.37. The molecule has 3 rings (SSSR count). The van der Waals surface area contributed by atoms with Crippen molar-refractivity contribution in [2.75, 3.05) is 13.2 Å². The Morgan fingerprint density at radius 2 is 2.20 bits per heavy atom. The lowest BCUT2D eigenvalue weighted by Crippen LogP contribution is -2.38. The van der Waals surface area contributed by atoms with Gasteiger partial charge in [-0.1, -0.05) is 17.3 Å². The van der Waals surface area contributed by atoms with Gasteiger partial charge in [0.05, 0.1) is 30.2 Å². The SMILES string of the molecule is C[C@H](NC(=O)NCC[C@H]1CCCCO1)c1ccc(-n2ccnn2)cc1. The molecule has 2 N–H and O–H groups in total. The summed E-state index contributed by atoms with van der Waals surface area (Å²) in [5, 5.41) is 13.6. The highest BCUT2D eigenvalue weighted by atomic mass is 16.5. The second-order valence-corrected chi connectivity index (χ2v) is 6.34. The Labute approximate surface area is 147 Å². The Hall–Kier alpha value is -2.41. The molecule has 0 unspecified atom stereocenters. The van der Waals surface area contributed by atoms with E-state index in [0.717, 1.165) is 37.1 Å². The molecule has 0 saturated carbocycles. The highest BCUT2D eigenvalue weighted by Crippen LogP contribution is 2.16. The summed E-state index contributed by atoms with van der Waals surface area (Å²) in [5.41, 5.74) is 1.97. The zero-order valence-electron chi connectivity index (χ0n) is 14.5. The predicted molar refractivity (Wildman–Crippen MR) is 94.5 cm³/mol. The van der Waals surface area contributed by atoms with Crippen LogP contribution in [-0.4, -0.2) is 40.3 Å². The molecule has 1 aliphatic heterocycles. The molecule has 7 nitrogen and oxygen atoms in total. The maximum absolute atomic E-state index is 12.0. The standard InChI is InChI=1S/C18H25N5O2/c1-14(15-5-7-16(8-6-15)23-12-11-20-22-23)21-18(24)19-10-9-17-4-2-3-13-25-17/h5-8,11-12,14,17H,2-4,9-10,13H2,1H3,(H2,19,21,24)/t14-,17+/m0/s1. The Morgan fingerprint density at radius 1 is 1.36 bits per heavy atom. The van der Waals surface area contributed by atoms with Gasteiger partial charge in [-0.2, -0.15) is 0 Å². The Bertz CT molecular complexity index is 651. The maximum Gasteiger partial charge on any atom is 0.315 e. The van der Waals surface area contributed by atoms with E-state index in [2.05, 4.69) is 20.9 Å². The van der Waals surface area contributed by atoms with E-state index in [1.54, 1.807) is 17.1 Å². The number of hydrogen-bond donors (Lipinski definition) is 2. The topological polar surface area (TPSA) is 81.1 Å². The fourth-order valence-corrected chi connectivity index (χ4v) is 2.97. The first-order valence-corrected chi connectivity index (χ1v) is 8.85. The molecule has 1 aromatic heterocycles. The number of nitrogens with one attached hydrogen (secondary N) is 2. The van der Waals surface area contributed by atoms with E-state index in [1.165, 1.54) is 6.42 Å². The Morgan fingerprint density at radius 3 is 2.88 bits per heavy atom. The summed E-state index contributed by atoms with van der Waals surface area (Å²) in [4.78, 5) is 12.0. The monoisotopic (exact) mass is 343 g/mol. The molecule has 1 aromatic carbocycles. The summed E-state index contributed by atoms with van der Waals surface area (Å²) in [5.74, 6) is 0. The Kier molecular flexibility index (Phi) is 6.00. The molecule has 7 heteroatoms. The molecule has 2 amide bonds. The number of benzene rings is 1. The van der Waals surface area contributed by atoms with Crippen molar-refractivity contribution in [1.82, 2.24) is 25.6 Å². The average Bonchev–Trinajstić information content (AvgIpc) is 3.17. The van der Waals surface area contributed by atoms with Crippen LogP contribution in [0, 0.1) is 0 Å². The van der Waals surface area contributed by atoms with Gasteiger partial charge in [0.25, 0.3) is 0 Å². The number of carbonyl (C=O) groups is 1. The lowest BCUT2D eigenvalue weighted by atomic mass is 10.1. The molecule has 0 bridgehead atoms. The molecule has 1 fully saturated rings. The minimum Gasteiger partial charge on any atom is -0.378 e. The van der Waals surface area contributed by atoms with Crippen LogP contribution in [0.2, 0.25) is 0 Å². The zero-order chi connectivity index (χ0) is 17.5. The molecule has 0 radical (unpaired) electrons. The quantitative estimate of drug-likeness (QED) is 0.845. The summed E-state index contributed by atoms with van der Waals surface area (Å²) >= 11 is 0. The smallest absolute Gasteiger partial charge is 0.315 e. The van der Waals surface area contributed by atoms with Crippen LogP contribution in [0.4, 0.5) is 4.79 Å². The van der Waals surface area contributed by atoms with Gasteiger partial charge < -0.3 is 15.4 Å². The predicted octanol–water partition coefficient (Wildman–Crippen LogP) is 2.59. The fraction of sp³-hybridized carbons (Fsp3) is 0.500. The van der Waals surface area contributed by atoms with E-state index < -0.39 is 0 Å². The summed E-state index contributed by atoms with van der Waals surface area (Å²) in [6, 6.07) is 7.66. The molecule has 0 spiro atoms. The molecular formula is C18H25N5O2. The molecular weight excluding hydrogens is 318 g/mol. The number of aromatic nitrogens is 3. The van der Waals surface area contributed by atoms with E-state index >= 15 is 0 Å². The third-order valence-corrected chi connectivity index (χ3v) is 4.45. The average molecular weight is 343 g/mol. The zero-order valence-corrected chi connectivity index (χ0v) is 14.5. The third-order valence-electron chi connectivity index (χ3n) is 4.45. The minimum atomic E-state index is -0.149. The lowest BCUT2D eigenvalue weighted by Gasteiger charge is -2.22. The van der Waals surface area contributed by atoms with E-state index in [4.69, 9.17) is 4.74 Å². The number of urea groups is 1. The van der Waals surface area contributed by atoms with E-state index in [9.17, 15) is 4.79 Å². The second kappa shape index (κ2) is 8.62. The number of nitrogens with zero attached hydrogens (tertiary/aromatic N) is 3. The normalized spacial score (nSPS) is 18.5. The number of rotatable bonds is 6. The van der Waals surface area contributed by atoms with Gasteiger partial charge >= 0.3 is 6.03 Å². The molecule has 1 saturated heterocycles. The van der Waals surface area contributed by atoms with Crippen molar-refractivity contribution in [1.29, 1.82) is 0 Å². The van der Waals surface area contributed by atoms with Crippen LogP contribution in [0.25, 0.3) is 5.69 Å². The van der Waals surface area contributed by atoms with Crippen LogP contribution in [-0.2, 0) is 4.74 Å². The number of carbonyl (C=O) groups excluding carboxylic acids is 1. The summed E-state index contributed by atoms with van der Waals surface area (Å²) in [6.07, 6.45) is 8.05. The first-order valence-electron chi connectivity index (χ1n) is 8.85. The molecule has 134 valence electrons. The number of ether oxygens (including phenoxy) is 1. The van der Waals surface area contributed by atoms with Crippen molar-refractivity contribution in [3.8, 4) is 5.69 Å². The van der Waals surface area contributed by atoms with Crippen molar-refractivity contribution < 1.29 is 9.53 Å². The number of hydrogen-bond acceptors (Lipinski definition) is 4. The first-order chi connectivity index (χ1) is 12.2. The van der Waals surface area contributed by atoms with Crippen molar-refractivity contribution in [2.45, 2.75) is 44.8 Å². The highest BCUT2D eigenvalue weighted by Gasteiger charge is 2.14. The molecule has 2 aromatic rings. The van der Waals surface area contributed by atoms with Crippen LogP contribution in [0.5, 0.6) is 0 Å². The minimum absolute atomic E-state index is 0.0734. The van der Waals surface area contributed by atoms with E-state index in [1.807, 2.05) is 31.2 Å². The van der Waals surface area contributed by atoms with Gasteiger partial charge in [-0.25, -0.2) is 9.48 Å². The van der Waals surface area contributed by atoms with Crippen LogP contribution in [0.3, 0.4) is 0 Å². The lowest BCUT2D eigenvalue weighted by molar-refractivity contribution is 0.0120. The van der Waals surface area contributed by atoms with Gasteiger partial charge in [-0.3, -0.25) is 0 Å². The molecule has 2 heterocycles. The van der Waals surface area contributed by atoms with Crippen molar-refractivity contribution in [3.63, 3.8) is 0 Å². The third kappa shape index (κ3) is 5.03. The summed E-state index contributed by atoms with van der Waals surface area (Å²) in [7, 11) is 0. The van der Waals surface area contributed by atoms with Gasteiger partial charge in [-0.15, -0.1) is 5.10 Å². The van der Waals surface area contributed by atoms with Crippen LogP contribution < -0.4 is 10.6 Å². The van der Waals surface area contributed by atoms with Gasteiger partial charge in [0, 0.05) is 13.2 Å². The van der Waals surface area contributed by atoms with Crippen molar-refractivity contribution >= 4 is 6.03 Å². The van der Waals surface area contributed by atoms with E-state index in [-0.39, 0.29) is 18.2 Å². The first kappa shape index (κ1) is 17.4. The molecule has 25 heavy (non-hydrogen) atoms. The highest BCUT2D eigenvalue weighted by molar-refractivity contribution is 5.74. The van der Waals surface area contributed by atoms with Gasteiger partial charge in [0.15, 0.2) is 0 Å². The molecule has 1 aliphatic rings. The second-order valence-electron chi connectivity index (χ2n) is 6.34. The van der Waals surface area contributed by atoms with Gasteiger partial charge in [0.1, 0.15) is 0 Å². The van der Waals surface area contributed by atoms with Crippen molar-refractivity contribution in [2.24, 2.45) is 0 Å².